The Labute approximate surface area is 172 Å². The van der Waals surface area contributed by atoms with Gasteiger partial charge in [0.1, 0.15) is 5.75 Å². The Bertz CT molecular complexity index is 1030. The molecule has 0 atom stereocenters. The molecule has 0 saturated carbocycles. The summed E-state index contributed by atoms with van der Waals surface area (Å²) in [4.78, 5) is 18.1. The third-order valence-corrected chi connectivity index (χ3v) is 6.82. The minimum atomic E-state index is -0.349. The van der Waals surface area contributed by atoms with Gasteiger partial charge in [0.2, 0.25) is 0 Å². The van der Waals surface area contributed by atoms with Crippen molar-refractivity contribution in [3.63, 3.8) is 0 Å². The molecule has 1 saturated heterocycles. The van der Waals surface area contributed by atoms with Gasteiger partial charge in [-0.25, -0.2) is 4.98 Å². The Morgan fingerprint density at radius 3 is 2.86 bits per heavy atom. The molecule has 0 aliphatic carbocycles. The largest absolute Gasteiger partial charge is 0.467 e. The molecule has 2 aliphatic heterocycles. The zero-order valence-corrected chi connectivity index (χ0v) is 16.7. The molecule has 0 bridgehead atoms. The second kappa shape index (κ2) is 7.70. The molecule has 0 amide bonds. The standard InChI is InChI=1S/C21H21N3O4S/c25-24(26)17-9-15(20-16(10-17)12-27-13-28-20)11-23-7-5-14(6-8-23)21-22-18-3-1-2-4-19(18)29-21/h1-4,9-10,14H,5-8,11-13H2. The van der Waals surface area contributed by atoms with Crippen LogP contribution in [0.2, 0.25) is 0 Å². The lowest BCUT2D eigenvalue weighted by atomic mass is 9.96. The molecule has 1 aromatic heterocycles. The number of hydrogen-bond donors (Lipinski definition) is 0. The molecule has 2 aromatic carbocycles. The number of rotatable bonds is 4. The van der Waals surface area contributed by atoms with Crippen molar-refractivity contribution in [1.82, 2.24) is 9.88 Å². The highest BCUT2D eigenvalue weighted by molar-refractivity contribution is 7.18. The van der Waals surface area contributed by atoms with E-state index in [1.54, 1.807) is 23.5 Å². The lowest BCUT2D eigenvalue weighted by Gasteiger charge is -2.32. The van der Waals surface area contributed by atoms with E-state index < -0.39 is 0 Å². The molecule has 0 spiro atoms. The van der Waals surface area contributed by atoms with E-state index in [1.165, 1.54) is 9.71 Å². The Balaban J connectivity index is 1.30. The maximum Gasteiger partial charge on any atom is 0.270 e. The summed E-state index contributed by atoms with van der Waals surface area (Å²) in [5.74, 6) is 1.22. The van der Waals surface area contributed by atoms with E-state index >= 15 is 0 Å². The number of piperidine rings is 1. The van der Waals surface area contributed by atoms with Crippen LogP contribution in [0.1, 0.15) is 34.9 Å². The quantitative estimate of drug-likeness (QED) is 0.466. The van der Waals surface area contributed by atoms with Gasteiger partial charge in [0.25, 0.3) is 5.69 Å². The Morgan fingerprint density at radius 2 is 2.07 bits per heavy atom. The first-order chi connectivity index (χ1) is 14.2. The van der Waals surface area contributed by atoms with Gasteiger partial charge in [0.05, 0.1) is 26.8 Å². The van der Waals surface area contributed by atoms with Crippen molar-refractivity contribution in [3.05, 3.63) is 62.6 Å². The van der Waals surface area contributed by atoms with Gasteiger partial charge in [-0.1, -0.05) is 12.1 Å². The first-order valence-electron chi connectivity index (χ1n) is 9.76. The van der Waals surface area contributed by atoms with Gasteiger partial charge < -0.3 is 9.47 Å². The first-order valence-corrected chi connectivity index (χ1v) is 10.6. The summed E-state index contributed by atoms with van der Waals surface area (Å²) in [6, 6.07) is 11.5. The number of non-ortho nitro benzene ring substituents is 1. The zero-order valence-electron chi connectivity index (χ0n) is 15.9. The summed E-state index contributed by atoms with van der Waals surface area (Å²) in [6.45, 7) is 3.07. The Kier molecular flexibility index (Phi) is 4.91. The number of thiazole rings is 1. The van der Waals surface area contributed by atoms with Crippen molar-refractivity contribution in [2.24, 2.45) is 0 Å². The number of para-hydroxylation sites is 1. The molecule has 2 aliphatic rings. The average molecular weight is 411 g/mol. The number of benzene rings is 2. The lowest BCUT2D eigenvalue weighted by Crippen LogP contribution is -2.32. The van der Waals surface area contributed by atoms with E-state index in [2.05, 4.69) is 23.1 Å². The number of fused-ring (bicyclic) bond motifs is 2. The van der Waals surface area contributed by atoms with Crippen LogP contribution in [-0.4, -0.2) is 34.7 Å². The highest BCUT2D eigenvalue weighted by Crippen LogP contribution is 2.36. The van der Waals surface area contributed by atoms with Crippen LogP contribution < -0.4 is 4.74 Å². The number of likely N-dealkylation sites (tertiary alicyclic amines) is 1. The van der Waals surface area contributed by atoms with Gasteiger partial charge in [-0.05, 0) is 38.1 Å². The topological polar surface area (TPSA) is 77.7 Å². The molecule has 0 radical (unpaired) electrons. The summed E-state index contributed by atoms with van der Waals surface area (Å²) >= 11 is 1.79. The molecule has 0 N–H and O–H groups in total. The molecule has 1 fully saturated rings. The molecule has 29 heavy (non-hydrogen) atoms. The predicted molar refractivity (Wildman–Crippen MR) is 110 cm³/mol. The summed E-state index contributed by atoms with van der Waals surface area (Å²) < 4.78 is 12.2. The lowest BCUT2D eigenvalue weighted by molar-refractivity contribution is -0.385. The van der Waals surface area contributed by atoms with Crippen molar-refractivity contribution in [2.45, 2.75) is 31.9 Å². The number of ether oxygens (including phenoxy) is 2. The Hall–Kier alpha value is -2.55. The second-order valence-electron chi connectivity index (χ2n) is 7.53. The maximum atomic E-state index is 11.3. The average Bonchev–Trinajstić information content (AvgIpc) is 3.18. The highest BCUT2D eigenvalue weighted by Gasteiger charge is 2.26. The SMILES string of the molecule is O=[N+]([O-])c1cc2c(c(CN3CCC(c4nc5ccccc5s4)CC3)c1)OCOC2. The normalized spacial score (nSPS) is 17.8. The van der Waals surface area contributed by atoms with Crippen LogP contribution in [0.4, 0.5) is 5.69 Å². The third kappa shape index (κ3) is 3.71. The Morgan fingerprint density at radius 1 is 1.24 bits per heavy atom. The molecule has 3 heterocycles. The van der Waals surface area contributed by atoms with Gasteiger partial charge in [0.15, 0.2) is 6.79 Å². The van der Waals surface area contributed by atoms with E-state index in [-0.39, 0.29) is 17.4 Å². The number of nitrogens with zero attached hydrogens (tertiary/aromatic N) is 3. The summed E-state index contributed by atoms with van der Waals surface area (Å²) in [6.07, 6.45) is 2.09. The summed E-state index contributed by atoms with van der Waals surface area (Å²) in [7, 11) is 0. The molecule has 150 valence electrons. The minimum absolute atomic E-state index is 0.0946. The van der Waals surface area contributed by atoms with Gasteiger partial charge in [0, 0.05) is 35.7 Å². The van der Waals surface area contributed by atoms with Crippen molar-refractivity contribution in [2.75, 3.05) is 19.9 Å². The zero-order chi connectivity index (χ0) is 19.8. The van der Waals surface area contributed by atoms with Gasteiger partial charge in [-0.15, -0.1) is 11.3 Å². The van der Waals surface area contributed by atoms with Crippen LogP contribution >= 0.6 is 11.3 Å². The van der Waals surface area contributed by atoms with Crippen molar-refractivity contribution in [1.29, 1.82) is 0 Å². The van der Waals surface area contributed by atoms with E-state index in [1.807, 2.05) is 6.07 Å². The van der Waals surface area contributed by atoms with Crippen molar-refractivity contribution >= 4 is 27.2 Å². The van der Waals surface area contributed by atoms with Crippen LogP contribution in [0.3, 0.4) is 0 Å². The predicted octanol–water partition coefficient (Wildman–Crippen LogP) is 4.45. The molecule has 5 rings (SSSR count). The number of hydrogen-bond acceptors (Lipinski definition) is 7. The maximum absolute atomic E-state index is 11.3. The highest BCUT2D eigenvalue weighted by atomic mass is 32.1. The fourth-order valence-electron chi connectivity index (χ4n) is 4.15. The molecule has 8 heteroatoms. The van der Waals surface area contributed by atoms with E-state index in [0.29, 0.717) is 19.1 Å². The fourth-order valence-corrected chi connectivity index (χ4v) is 5.28. The molecular weight excluding hydrogens is 390 g/mol. The molecule has 7 nitrogen and oxygen atoms in total. The van der Waals surface area contributed by atoms with Crippen molar-refractivity contribution < 1.29 is 14.4 Å². The van der Waals surface area contributed by atoms with E-state index in [0.717, 1.165) is 48.3 Å². The van der Waals surface area contributed by atoms with Crippen LogP contribution in [-0.2, 0) is 17.9 Å². The van der Waals surface area contributed by atoms with Crippen LogP contribution in [0, 0.1) is 10.1 Å². The van der Waals surface area contributed by atoms with Gasteiger partial charge in [-0.3, -0.25) is 15.0 Å². The van der Waals surface area contributed by atoms with E-state index in [9.17, 15) is 10.1 Å². The third-order valence-electron chi connectivity index (χ3n) is 5.62. The first kappa shape index (κ1) is 18.5. The second-order valence-corrected chi connectivity index (χ2v) is 8.59. The molecule has 0 unspecified atom stereocenters. The fraction of sp³-hybridized carbons (Fsp3) is 0.381. The van der Waals surface area contributed by atoms with Crippen molar-refractivity contribution in [3.8, 4) is 5.75 Å². The minimum Gasteiger partial charge on any atom is -0.467 e. The number of nitro groups is 1. The molecule has 3 aromatic rings. The summed E-state index contributed by atoms with van der Waals surface area (Å²) in [5, 5.41) is 12.5. The number of aromatic nitrogens is 1. The summed E-state index contributed by atoms with van der Waals surface area (Å²) in [5.41, 5.74) is 2.80. The molecular formula is C21H21N3O4S. The van der Waals surface area contributed by atoms with Crippen LogP contribution in [0.15, 0.2) is 36.4 Å². The monoisotopic (exact) mass is 411 g/mol. The number of nitro benzene ring substituents is 1. The van der Waals surface area contributed by atoms with Crippen LogP contribution in [0.25, 0.3) is 10.2 Å². The van der Waals surface area contributed by atoms with Gasteiger partial charge >= 0.3 is 0 Å². The van der Waals surface area contributed by atoms with Gasteiger partial charge in [-0.2, -0.15) is 0 Å². The smallest absolute Gasteiger partial charge is 0.270 e. The van der Waals surface area contributed by atoms with E-state index in [4.69, 9.17) is 14.5 Å². The van der Waals surface area contributed by atoms with Crippen LogP contribution in [0.5, 0.6) is 5.75 Å².